The van der Waals surface area contributed by atoms with Crippen molar-refractivity contribution in [2.24, 2.45) is 0 Å². The molecule has 6 heteroatoms. The molecule has 0 radical (unpaired) electrons. The van der Waals surface area contributed by atoms with E-state index < -0.39 is 9.84 Å². The van der Waals surface area contributed by atoms with Crippen molar-refractivity contribution in [3.05, 3.63) is 29.8 Å². The van der Waals surface area contributed by atoms with Gasteiger partial charge in [0.1, 0.15) is 9.84 Å². The fourth-order valence-electron chi connectivity index (χ4n) is 1.79. The average molecular weight is 298 g/mol. The average Bonchev–Trinajstić information content (AvgIpc) is 2.36. The number of anilines is 1. The van der Waals surface area contributed by atoms with E-state index in [1.165, 1.54) is 6.26 Å². The molecule has 20 heavy (non-hydrogen) atoms. The molecular weight excluding hydrogens is 276 g/mol. The number of benzene rings is 1. The van der Waals surface area contributed by atoms with Gasteiger partial charge >= 0.3 is 0 Å². The van der Waals surface area contributed by atoms with Crippen molar-refractivity contribution >= 4 is 21.4 Å². The Hall–Kier alpha value is -1.40. The van der Waals surface area contributed by atoms with E-state index in [-0.39, 0.29) is 18.2 Å². The first-order valence-corrected chi connectivity index (χ1v) is 8.62. The zero-order chi connectivity index (χ0) is 15.2. The van der Waals surface area contributed by atoms with E-state index in [0.717, 1.165) is 17.7 Å². The molecule has 1 aromatic carbocycles. The smallest absolute Gasteiger partial charge is 0.238 e. The Bertz CT molecular complexity index is 555. The summed E-state index contributed by atoms with van der Waals surface area (Å²) in [5.41, 5.74) is 1.90. The SMILES string of the molecule is CCc1ccccc1NC(=O)CN(C)CCS(C)(=O)=O. The summed E-state index contributed by atoms with van der Waals surface area (Å²) in [4.78, 5) is 13.6. The van der Waals surface area contributed by atoms with Gasteiger partial charge in [0.25, 0.3) is 0 Å². The lowest BCUT2D eigenvalue weighted by Crippen LogP contribution is -2.33. The van der Waals surface area contributed by atoms with Crippen LogP contribution in [-0.4, -0.2) is 51.4 Å². The van der Waals surface area contributed by atoms with Crippen molar-refractivity contribution in [3.63, 3.8) is 0 Å². The second-order valence-corrected chi connectivity index (χ2v) is 7.19. The Morgan fingerprint density at radius 2 is 1.95 bits per heavy atom. The minimum absolute atomic E-state index is 0.0579. The van der Waals surface area contributed by atoms with Gasteiger partial charge in [-0.15, -0.1) is 0 Å². The molecule has 5 nitrogen and oxygen atoms in total. The highest BCUT2D eigenvalue weighted by molar-refractivity contribution is 7.90. The molecule has 0 fully saturated rings. The monoisotopic (exact) mass is 298 g/mol. The lowest BCUT2D eigenvalue weighted by molar-refractivity contribution is -0.117. The second-order valence-electron chi connectivity index (χ2n) is 4.93. The summed E-state index contributed by atoms with van der Waals surface area (Å²) >= 11 is 0. The fourth-order valence-corrected chi connectivity index (χ4v) is 2.43. The summed E-state index contributed by atoms with van der Waals surface area (Å²) in [5.74, 6) is -0.0793. The third-order valence-corrected chi connectivity index (χ3v) is 3.85. The van der Waals surface area contributed by atoms with Gasteiger partial charge in [0.2, 0.25) is 5.91 Å². The Labute approximate surface area is 120 Å². The first kappa shape index (κ1) is 16.7. The number of amides is 1. The van der Waals surface area contributed by atoms with Gasteiger partial charge in [-0.25, -0.2) is 8.42 Å². The maximum Gasteiger partial charge on any atom is 0.238 e. The third kappa shape index (κ3) is 6.16. The van der Waals surface area contributed by atoms with Crippen LogP contribution in [0, 0.1) is 0 Å². The maximum atomic E-state index is 11.9. The predicted octanol–water partition coefficient (Wildman–Crippen LogP) is 1.16. The van der Waals surface area contributed by atoms with Crippen LogP contribution in [-0.2, 0) is 21.1 Å². The van der Waals surface area contributed by atoms with Crippen LogP contribution in [0.2, 0.25) is 0 Å². The van der Waals surface area contributed by atoms with Gasteiger partial charge in [-0.1, -0.05) is 25.1 Å². The van der Waals surface area contributed by atoms with Crippen LogP contribution in [0.4, 0.5) is 5.69 Å². The van der Waals surface area contributed by atoms with E-state index in [1.54, 1.807) is 11.9 Å². The largest absolute Gasteiger partial charge is 0.325 e. The minimum atomic E-state index is -3.00. The van der Waals surface area contributed by atoms with Crippen molar-refractivity contribution in [1.82, 2.24) is 4.90 Å². The first-order valence-electron chi connectivity index (χ1n) is 6.56. The van der Waals surface area contributed by atoms with Gasteiger partial charge in [0.05, 0.1) is 12.3 Å². The van der Waals surface area contributed by atoms with E-state index in [1.807, 2.05) is 31.2 Å². The summed E-state index contributed by atoms with van der Waals surface area (Å²) in [6.07, 6.45) is 2.04. The van der Waals surface area contributed by atoms with Gasteiger partial charge in [-0.3, -0.25) is 9.69 Å². The summed E-state index contributed by atoms with van der Waals surface area (Å²) in [6.45, 7) is 2.55. The van der Waals surface area contributed by atoms with Crippen LogP contribution >= 0.6 is 0 Å². The van der Waals surface area contributed by atoms with Crippen LogP contribution in [0.5, 0.6) is 0 Å². The first-order chi connectivity index (χ1) is 9.31. The van der Waals surface area contributed by atoms with E-state index in [2.05, 4.69) is 5.32 Å². The number of hydrogen-bond acceptors (Lipinski definition) is 4. The Morgan fingerprint density at radius 1 is 1.30 bits per heavy atom. The van der Waals surface area contributed by atoms with Crippen molar-refractivity contribution < 1.29 is 13.2 Å². The van der Waals surface area contributed by atoms with Gasteiger partial charge in [0.15, 0.2) is 0 Å². The molecule has 0 saturated heterocycles. The predicted molar refractivity (Wildman–Crippen MR) is 81.7 cm³/mol. The van der Waals surface area contributed by atoms with Crippen molar-refractivity contribution in [2.75, 3.05) is 37.5 Å². The summed E-state index contributed by atoms with van der Waals surface area (Å²) in [5, 5.41) is 2.86. The minimum Gasteiger partial charge on any atom is -0.325 e. The number of nitrogens with zero attached hydrogens (tertiary/aromatic N) is 1. The quantitative estimate of drug-likeness (QED) is 0.820. The molecule has 0 aliphatic carbocycles. The maximum absolute atomic E-state index is 11.9. The van der Waals surface area contributed by atoms with Gasteiger partial charge in [0, 0.05) is 18.5 Å². The van der Waals surface area contributed by atoms with Crippen molar-refractivity contribution in [2.45, 2.75) is 13.3 Å². The summed E-state index contributed by atoms with van der Waals surface area (Å²) in [6, 6.07) is 7.66. The van der Waals surface area contributed by atoms with Crippen LogP contribution in [0.1, 0.15) is 12.5 Å². The number of hydrogen-bond donors (Lipinski definition) is 1. The van der Waals surface area contributed by atoms with Gasteiger partial charge < -0.3 is 5.32 Å². The Morgan fingerprint density at radius 3 is 2.55 bits per heavy atom. The molecule has 1 aromatic rings. The second kappa shape index (κ2) is 7.40. The zero-order valence-corrected chi connectivity index (χ0v) is 13.0. The van der Waals surface area contributed by atoms with E-state index in [0.29, 0.717) is 6.54 Å². The van der Waals surface area contributed by atoms with Crippen molar-refractivity contribution in [1.29, 1.82) is 0 Å². The Kier molecular flexibility index (Phi) is 6.16. The van der Waals surface area contributed by atoms with Gasteiger partial charge in [-0.05, 0) is 25.1 Å². The van der Waals surface area contributed by atoms with E-state index in [4.69, 9.17) is 0 Å². The highest BCUT2D eigenvalue weighted by Gasteiger charge is 2.10. The number of carbonyl (C=O) groups excluding carboxylic acids is 1. The van der Waals surface area contributed by atoms with Crippen LogP contribution in [0.3, 0.4) is 0 Å². The third-order valence-electron chi connectivity index (χ3n) is 2.93. The number of para-hydroxylation sites is 1. The molecule has 1 rings (SSSR count). The lowest BCUT2D eigenvalue weighted by atomic mass is 10.1. The van der Waals surface area contributed by atoms with Crippen LogP contribution < -0.4 is 5.32 Å². The molecule has 0 unspecified atom stereocenters. The number of rotatable bonds is 7. The molecule has 1 N–H and O–H groups in total. The highest BCUT2D eigenvalue weighted by atomic mass is 32.2. The number of nitrogens with one attached hydrogen (secondary N) is 1. The van der Waals surface area contributed by atoms with Crippen LogP contribution in [0.15, 0.2) is 24.3 Å². The molecule has 0 aliphatic rings. The van der Waals surface area contributed by atoms with Gasteiger partial charge in [-0.2, -0.15) is 0 Å². The molecular formula is C14H22N2O3S. The lowest BCUT2D eigenvalue weighted by Gasteiger charge is -2.16. The fraction of sp³-hybridized carbons (Fsp3) is 0.500. The molecule has 0 spiro atoms. The molecule has 0 saturated carbocycles. The van der Waals surface area contributed by atoms with Crippen molar-refractivity contribution in [3.8, 4) is 0 Å². The molecule has 1 amide bonds. The standard InChI is InChI=1S/C14H22N2O3S/c1-4-12-7-5-6-8-13(12)15-14(17)11-16(2)9-10-20(3,18)19/h5-8H,4,9-11H2,1-3H3,(H,15,17). The summed E-state index contributed by atoms with van der Waals surface area (Å²) < 4.78 is 22.1. The molecule has 0 bridgehead atoms. The number of likely N-dealkylation sites (N-methyl/N-ethyl adjacent to an activating group) is 1. The Balaban J connectivity index is 2.51. The number of sulfone groups is 1. The number of aryl methyl sites for hydroxylation is 1. The highest BCUT2D eigenvalue weighted by Crippen LogP contribution is 2.15. The zero-order valence-electron chi connectivity index (χ0n) is 12.2. The molecule has 112 valence electrons. The molecule has 0 aromatic heterocycles. The molecule has 0 heterocycles. The van der Waals surface area contributed by atoms with E-state index in [9.17, 15) is 13.2 Å². The summed E-state index contributed by atoms with van der Waals surface area (Å²) in [7, 11) is -1.27. The normalized spacial score (nSPS) is 11.6. The number of carbonyl (C=O) groups is 1. The van der Waals surface area contributed by atoms with Crippen LogP contribution in [0.25, 0.3) is 0 Å². The van der Waals surface area contributed by atoms with E-state index >= 15 is 0 Å². The molecule has 0 atom stereocenters. The topological polar surface area (TPSA) is 66.5 Å². The molecule has 0 aliphatic heterocycles.